The SMILES string of the molecule is CNCCN(C)CCOc1ccc(OC)cc1. The molecule has 96 valence electrons. The van der Waals surface area contributed by atoms with Crippen molar-refractivity contribution in [2.45, 2.75) is 0 Å². The number of hydrogen-bond donors (Lipinski definition) is 1. The molecule has 0 aliphatic carbocycles. The first-order chi connectivity index (χ1) is 8.26. The number of nitrogens with one attached hydrogen (secondary N) is 1. The van der Waals surface area contributed by atoms with Crippen LogP contribution in [0.4, 0.5) is 0 Å². The molecule has 1 aromatic rings. The molecule has 1 aromatic carbocycles. The van der Waals surface area contributed by atoms with Crippen LogP contribution >= 0.6 is 0 Å². The van der Waals surface area contributed by atoms with Gasteiger partial charge in [-0.2, -0.15) is 0 Å². The Morgan fingerprint density at radius 1 is 1.12 bits per heavy atom. The van der Waals surface area contributed by atoms with Crippen LogP contribution in [0.5, 0.6) is 11.5 Å². The van der Waals surface area contributed by atoms with Crippen molar-refractivity contribution in [3.05, 3.63) is 24.3 Å². The van der Waals surface area contributed by atoms with Crippen molar-refractivity contribution in [1.29, 1.82) is 0 Å². The van der Waals surface area contributed by atoms with E-state index in [2.05, 4.69) is 17.3 Å². The van der Waals surface area contributed by atoms with Crippen LogP contribution in [0.15, 0.2) is 24.3 Å². The predicted molar refractivity (Wildman–Crippen MR) is 69.9 cm³/mol. The largest absolute Gasteiger partial charge is 0.497 e. The second-order valence-corrected chi connectivity index (χ2v) is 3.93. The normalized spacial score (nSPS) is 10.6. The third kappa shape index (κ3) is 5.56. The topological polar surface area (TPSA) is 33.7 Å². The minimum atomic E-state index is 0.701. The number of likely N-dealkylation sites (N-methyl/N-ethyl adjacent to an activating group) is 2. The highest BCUT2D eigenvalue weighted by Crippen LogP contribution is 2.16. The van der Waals surface area contributed by atoms with Gasteiger partial charge < -0.3 is 19.7 Å². The van der Waals surface area contributed by atoms with Crippen molar-refractivity contribution in [3.8, 4) is 11.5 Å². The van der Waals surface area contributed by atoms with Gasteiger partial charge in [0.25, 0.3) is 0 Å². The summed E-state index contributed by atoms with van der Waals surface area (Å²) in [4.78, 5) is 2.24. The second kappa shape index (κ2) is 7.92. The van der Waals surface area contributed by atoms with Crippen LogP contribution in [0, 0.1) is 0 Å². The maximum Gasteiger partial charge on any atom is 0.119 e. The molecular formula is C13H22N2O2. The molecule has 0 radical (unpaired) electrons. The van der Waals surface area contributed by atoms with E-state index in [9.17, 15) is 0 Å². The summed E-state index contributed by atoms with van der Waals surface area (Å²) in [7, 11) is 5.71. The first-order valence-electron chi connectivity index (χ1n) is 5.86. The number of rotatable bonds is 8. The van der Waals surface area contributed by atoms with Gasteiger partial charge in [0.1, 0.15) is 18.1 Å². The molecule has 0 saturated heterocycles. The van der Waals surface area contributed by atoms with Gasteiger partial charge in [-0.05, 0) is 38.4 Å². The maximum absolute atomic E-state index is 5.64. The van der Waals surface area contributed by atoms with E-state index in [1.807, 2.05) is 31.3 Å². The molecule has 1 N–H and O–H groups in total. The molecule has 0 aromatic heterocycles. The zero-order chi connectivity index (χ0) is 12.5. The van der Waals surface area contributed by atoms with Crippen molar-refractivity contribution >= 4 is 0 Å². The Labute approximate surface area is 104 Å². The van der Waals surface area contributed by atoms with Gasteiger partial charge in [-0.15, -0.1) is 0 Å². The first-order valence-corrected chi connectivity index (χ1v) is 5.86. The van der Waals surface area contributed by atoms with Crippen molar-refractivity contribution in [3.63, 3.8) is 0 Å². The van der Waals surface area contributed by atoms with Crippen molar-refractivity contribution in [1.82, 2.24) is 10.2 Å². The van der Waals surface area contributed by atoms with Gasteiger partial charge in [0.15, 0.2) is 0 Å². The number of methoxy groups -OCH3 is 1. The summed E-state index contributed by atoms with van der Waals surface area (Å²) < 4.78 is 10.7. The van der Waals surface area contributed by atoms with Crippen molar-refractivity contribution in [2.24, 2.45) is 0 Å². The summed E-state index contributed by atoms with van der Waals surface area (Å²) in [5.74, 6) is 1.73. The molecule has 0 aliphatic heterocycles. The Hall–Kier alpha value is -1.26. The summed E-state index contributed by atoms with van der Waals surface area (Å²) in [6.07, 6.45) is 0. The Bertz CT molecular complexity index is 301. The molecule has 0 unspecified atom stereocenters. The molecule has 0 aliphatic rings. The Balaban J connectivity index is 2.21. The highest BCUT2D eigenvalue weighted by atomic mass is 16.5. The van der Waals surface area contributed by atoms with Crippen molar-refractivity contribution in [2.75, 3.05) is 47.4 Å². The molecule has 0 amide bonds. The van der Waals surface area contributed by atoms with Crippen LogP contribution in [0.25, 0.3) is 0 Å². The minimum absolute atomic E-state index is 0.701. The number of nitrogens with zero attached hydrogens (tertiary/aromatic N) is 1. The number of hydrogen-bond acceptors (Lipinski definition) is 4. The smallest absolute Gasteiger partial charge is 0.119 e. The summed E-state index contributed by atoms with van der Waals surface area (Å²) in [5, 5.41) is 3.12. The Morgan fingerprint density at radius 3 is 2.35 bits per heavy atom. The standard InChI is InChI=1S/C13H22N2O2/c1-14-8-9-15(2)10-11-17-13-6-4-12(16-3)5-7-13/h4-7,14H,8-11H2,1-3H3. The van der Waals surface area contributed by atoms with Crippen LogP contribution in [-0.2, 0) is 0 Å². The molecule has 17 heavy (non-hydrogen) atoms. The fourth-order valence-corrected chi connectivity index (χ4v) is 1.41. The Kier molecular flexibility index (Phi) is 6.43. The van der Waals surface area contributed by atoms with Crippen molar-refractivity contribution < 1.29 is 9.47 Å². The van der Waals surface area contributed by atoms with Gasteiger partial charge in [-0.1, -0.05) is 0 Å². The summed E-state index contributed by atoms with van der Waals surface area (Å²) in [5.41, 5.74) is 0. The summed E-state index contributed by atoms with van der Waals surface area (Å²) in [6.45, 7) is 3.65. The molecule has 0 fully saturated rings. The van der Waals surface area contributed by atoms with Gasteiger partial charge >= 0.3 is 0 Å². The van der Waals surface area contributed by atoms with E-state index in [0.29, 0.717) is 6.61 Å². The summed E-state index contributed by atoms with van der Waals surface area (Å²) in [6, 6.07) is 7.65. The zero-order valence-electron chi connectivity index (χ0n) is 10.9. The van der Waals surface area contributed by atoms with E-state index in [0.717, 1.165) is 31.1 Å². The lowest BCUT2D eigenvalue weighted by Crippen LogP contribution is -2.30. The van der Waals surface area contributed by atoms with E-state index >= 15 is 0 Å². The van der Waals surface area contributed by atoms with E-state index in [-0.39, 0.29) is 0 Å². The van der Waals surface area contributed by atoms with Crippen LogP contribution in [0.2, 0.25) is 0 Å². The fourth-order valence-electron chi connectivity index (χ4n) is 1.41. The maximum atomic E-state index is 5.64. The number of ether oxygens (including phenoxy) is 2. The first kappa shape index (κ1) is 13.8. The lowest BCUT2D eigenvalue weighted by Gasteiger charge is -2.16. The Morgan fingerprint density at radius 2 is 1.76 bits per heavy atom. The monoisotopic (exact) mass is 238 g/mol. The average Bonchev–Trinajstić information content (AvgIpc) is 2.37. The number of benzene rings is 1. The minimum Gasteiger partial charge on any atom is -0.497 e. The van der Waals surface area contributed by atoms with E-state index in [1.54, 1.807) is 7.11 Å². The average molecular weight is 238 g/mol. The highest BCUT2D eigenvalue weighted by molar-refractivity contribution is 5.31. The molecule has 0 heterocycles. The van der Waals surface area contributed by atoms with Crippen LogP contribution in [-0.4, -0.2) is 52.3 Å². The lowest BCUT2D eigenvalue weighted by molar-refractivity contribution is 0.238. The lowest BCUT2D eigenvalue weighted by atomic mass is 10.3. The van der Waals surface area contributed by atoms with Crippen LogP contribution in [0.3, 0.4) is 0 Å². The second-order valence-electron chi connectivity index (χ2n) is 3.93. The quantitative estimate of drug-likeness (QED) is 0.738. The molecule has 0 atom stereocenters. The molecule has 0 saturated carbocycles. The van der Waals surface area contributed by atoms with Gasteiger partial charge in [0, 0.05) is 19.6 Å². The van der Waals surface area contributed by atoms with Crippen LogP contribution in [0.1, 0.15) is 0 Å². The van der Waals surface area contributed by atoms with E-state index in [4.69, 9.17) is 9.47 Å². The molecule has 4 heteroatoms. The van der Waals surface area contributed by atoms with Gasteiger partial charge in [0.05, 0.1) is 7.11 Å². The van der Waals surface area contributed by atoms with Crippen LogP contribution < -0.4 is 14.8 Å². The molecule has 0 spiro atoms. The third-order valence-electron chi connectivity index (χ3n) is 2.54. The third-order valence-corrected chi connectivity index (χ3v) is 2.54. The fraction of sp³-hybridized carbons (Fsp3) is 0.538. The zero-order valence-corrected chi connectivity index (χ0v) is 10.9. The highest BCUT2D eigenvalue weighted by Gasteiger charge is 1.98. The molecule has 4 nitrogen and oxygen atoms in total. The van der Waals surface area contributed by atoms with E-state index < -0.39 is 0 Å². The van der Waals surface area contributed by atoms with Gasteiger partial charge in [-0.3, -0.25) is 0 Å². The van der Waals surface area contributed by atoms with Gasteiger partial charge in [0.2, 0.25) is 0 Å². The molecule has 0 bridgehead atoms. The van der Waals surface area contributed by atoms with E-state index in [1.165, 1.54) is 0 Å². The van der Waals surface area contributed by atoms with Gasteiger partial charge in [-0.25, -0.2) is 0 Å². The summed E-state index contributed by atoms with van der Waals surface area (Å²) >= 11 is 0. The molecule has 1 rings (SSSR count). The predicted octanol–water partition coefficient (Wildman–Crippen LogP) is 1.23. The molecular weight excluding hydrogens is 216 g/mol.